The third kappa shape index (κ3) is 3.20. The molecule has 0 radical (unpaired) electrons. The molecule has 1 unspecified atom stereocenters. The molecule has 0 aromatic heterocycles. The monoisotopic (exact) mass is 208 g/mol. The molecule has 0 aliphatic heterocycles. The lowest BCUT2D eigenvalue weighted by Crippen LogP contribution is -2.18. The molecule has 0 aromatic carbocycles. The van der Waals surface area contributed by atoms with Gasteiger partial charge in [-0.1, -0.05) is 37.6 Å². The van der Waals surface area contributed by atoms with Gasteiger partial charge in [-0.3, -0.25) is 0 Å². The molecule has 1 nitrogen and oxygen atoms in total. The van der Waals surface area contributed by atoms with Gasteiger partial charge in [-0.15, -0.1) is 0 Å². The van der Waals surface area contributed by atoms with E-state index in [1.165, 1.54) is 12.0 Å². The molecule has 1 heteroatoms. The van der Waals surface area contributed by atoms with Crippen LogP contribution in [0.5, 0.6) is 0 Å². The van der Waals surface area contributed by atoms with Gasteiger partial charge < -0.3 is 5.11 Å². The van der Waals surface area contributed by atoms with Gasteiger partial charge >= 0.3 is 0 Å². The van der Waals surface area contributed by atoms with E-state index >= 15 is 0 Å². The number of hydrogen-bond acceptors (Lipinski definition) is 1. The molecule has 0 aromatic rings. The molecule has 1 aliphatic carbocycles. The number of unbranched alkanes of at least 4 members (excludes halogenated alkanes) is 2. The van der Waals surface area contributed by atoms with Crippen molar-refractivity contribution in [2.45, 2.75) is 46.5 Å². The van der Waals surface area contributed by atoms with E-state index in [0.29, 0.717) is 17.9 Å². The Morgan fingerprint density at radius 3 is 2.73 bits per heavy atom. The Morgan fingerprint density at radius 1 is 1.47 bits per heavy atom. The predicted octanol–water partition coefficient (Wildman–Crippen LogP) is 3.70. The summed E-state index contributed by atoms with van der Waals surface area (Å²) in [5, 5.41) is 8.66. The van der Waals surface area contributed by atoms with Crippen LogP contribution < -0.4 is 0 Å². The van der Waals surface area contributed by atoms with E-state index < -0.39 is 0 Å². The lowest BCUT2D eigenvalue weighted by Gasteiger charge is -2.27. The van der Waals surface area contributed by atoms with Gasteiger partial charge in [0.25, 0.3) is 0 Å². The zero-order chi connectivity index (χ0) is 11.3. The number of aliphatic hydroxyl groups excluding tert-OH is 1. The van der Waals surface area contributed by atoms with Crippen LogP contribution in [-0.2, 0) is 0 Å². The first-order chi connectivity index (χ1) is 7.09. The quantitative estimate of drug-likeness (QED) is 0.539. The number of allylic oxidation sites excluding steroid dienone is 4. The molecule has 86 valence electrons. The first-order valence-electron chi connectivity index (χ1n) is 6.03. The molecular weight excluding hydrogens is 184 g/mol. The summed E-state index contributed by atoms with van der Waals surface area (Å²) in [6, 6.07) is 0. The second-order valence-corrected chi connectivity index (χ2v) is 5.10. The largest absolute Gasteiger partial charge is 0.396 e. The molecule has 0 fully saturated rings. The van der Waals surface area contributed by atoms with Crippen LogP contribution in [0.25, 0.3) is 0 Å². The lowest BCUT2D eigenvalue weighted by atomic mass is 9.77. The zero-order valence-electron chi connectivity index (χ0n) is 10.3. The average Bonchev–Trinajstić information content (AvgIpc) is 2.44. The highest BCUT2D eigenvalue weighted by atomic mass is 16.2. The van der Waals surface area contributed by atoms with Gasteiger partial charge in [0.1, 0.15) is 0 Å². The van der Waals surface area contributed by atoms with Gasteiger partial charge in [0.2, 0.25) is 0 Å². The Kier molecular flexibility index (Phi) is 4.59. The number of hydrogen-bond donors (Lipinski definition) is 1. The maximum absolute atomic E-state index is 8.66. The Bertz CT molecular complexity index is 248. The molecular formula is C14H24O. The van der Waals surface area contributed by atoms with Crippen molar-refractivity contribution in [3.8, 4) is 0 Å². The fraction of sp³-hybridized carbons (Fsp3) is 0.714. The van der Waals surface area contributed by atoms with Crippen molar-refractivity contribution in [2.24, 2.45) is 11.3 Å². The second-order valence-electron chi connectivity index (χ2n) is 5.10. The summed E-state index contributed by atoms with van der Waals surface area (Å²) in [5.41, 5.74) is 1.86. The van der Waals surface area contributed by atoms with Crippen molar-refractivity contribution in [3.63, 3.8) is 0 Å². The maximum atomic E-state index is 8.66. The van der Waals surface area contributed by atoms with Crippen molar-refractivity contribution < 1.29 is 5.11 Å². The molecule has 15 heavy (non-hydrogen) atoms. The smallest absolute Gasteiger partial charge is 0.0431 e. The van der Waals surface area contributed by atoms with E-state index in [9.17, 15) is 0 Å². The standard InChI is InChI=1S/C14H24O/c1-12-9-10-13(14(12,2)3)8-6-4-5-7-11-15/h6,8-9,13,15H,4-5,7,10-11H2,1-3H3/b8-6+. The third-order valence-corrected chi connectivity index (χ3v) is 3.77. The topological polar surface area (TPSA) is 20.2 Å². The average molecular weight is 208 g/mol. The fourth-order valence-corrected chi connectivity index (χ4v) is 2.11. The van der Waals surface area contributed by atoms with Gasteiger partial charge in [0.15, 0.2) is 0 Å². The van der Waals surface area contributed by atoms with Crippen LogP contribution in [0, 0.1) is 11.3 Å². The minimum absolute atomic E-state index is 0.323. The van der Waals surface area contributed by atoms with E-state index in [4.69, 9.17) is 5.11 Å². The molecule has 0 saturated carbocycles. The van der Waals surface area contributed by atoms with E-state index in [-0.39, 0.29) is 0 Å². The molecule has 0 spiro atoms. The van der Waals surface area contributed by atoms with Gasteiger partial charge in [0, 0.05) is 6.61 Å². The minimum atomic E-state index is 0.323. The van der Waals surface area contributed by atoms with Crippen molar-refractivity contribution in [2.75, 3.05) is 6.61 Å². The first-order valence-corrected chi connectivity index (χ1v) is 6.03. The molecule has 0 heterocycles. The molecule has 1 aliphatic rings. The SMILES string of the molecule is CC1=CCC(/C=C/CCCCO)C1(C)C. The van der Waals surface area contributed by atoms with Crippen molar-refractivity contribution in [1.82, 2.24) is 0 Å². The maximum Gasteiger partial charge on any atom is 0.0431 e. The minimum Gasteiger partial charge on any atom is -0.396 e. The summed E-state index contributed by atoms with van der Waals surface area (Å²) in [7, 11) is 0. The van der Waals surface area contributed by atoms with Gasteiger partial charge in [-0.25, -0.2) is 0 Å². The summed E-state index contributed by atoms with van der Waals surface area (Å²) in [5.74, 6) is 0.673. The van der Waals surface area contributed by atoms with Crippen LogP contribution >= 0.6 is 0 Å². The van der Waals surface area contributed by atoms with Gasteiger partial charge in [-0.05, 0) is 43.9 Å². The van der Waals surface area contributed by atoms with Crippen LogP contribution in [0.4, 0.5) is 0 Å². The van der Waals surface area contributed by atoms with E-state index in [1.807, 2.05) is 0 Å². The second kappa shape index (κ2) is 5.50. The normalized spacial score (nSPS) is 24.8. The van der Waals surface area contributed by atoms with E-state index in [1.54, 1.807) is 0 Å². The lowest BCUT2D eigenvalue weighted by molar-refractivity contribution is 0.285. The van der Waals surface area contributed by atoms with Crippen LogP contribution in [0.3, 0.4) is 0 Å². The molecule has 0 bridgehead atoms. The highest BCUT2D eigenvalue weighted by molar-refractivity contribution is 5.21. The first kappa shape index (κ1) is 12.5. The molecule has 0 amide bonds. The highest BCUT2D eigenvalue weighted by Gasteiger charge is 2.32. The fourth-order valence-electron chi connectivity index (χ4n) is 2.11. The summed E-state index contributed by atoms with van der Waals surface area (Å²) in [6.07, 6.45) is 11.3. The molecule has 1 N–H and O–H groups in total. The third-order valence-electron chi connectivity index (χ3n) is 3.77. The zero-order valence-corrected chi connectivity index (χ0v) is 10.3. The van der Waals surface area contributed by atoms with Crippen molar-refractivity contribution in [3.05, 3.63) is 23.8 Å². The summed E-state index contributed by atoms with van der Waals surface area (Å²) >= 11 is 0. The summed E-state index contributed by atoms with van der Waals surface area (Å²) < 4.78 is 0. The van der Waals surface area contributed by atoms with Crippen LogP contribution in [0.1, 0.15) is 46.5 Å². The van der Waals surface area contributed by atoms with Crippen molar-refractivity contribution in [1.29, 1.82) is 0 Å². The van der Waals surface area contributed by atoms with Gasteiger partial charge in [0.05, 0.1) is 0 Å². The summed E-state index contributed by atoms with van der Waals surface area (Å²) in [6.45, 7) is 7.21. The Balaban J connectivity index is 2.34. The molecule has 1 atom stereocenters. The highest BCUT2D eigenvalue weighted by Crippen LogP contribution is 2.43. The Morgan fingerprint density at radius 2 is 2.20 bits per heavy atom. The van der Waals surface area contributed by atoms with E-state index in [2.05, 4.69) is 39.0 Å². The van der Waals surface area contributed by atoms with Crippen LogP contribution in [-0.4, -0.2) is 11.7 Å². The molecule has 1 rings (SSSR count). The number of aliphatic hydroxyl groups is 1. The van der Waals surface area contributed by atoms with Gasteiger partial charge in [-0.2, -0.15) is 0 Å². The van der Waals surface area contributed by atoms with Crippen molar-refractivity contribution >= 4 is 0 Å². The summed E-state index contributed by atoms with van der Waals surface area (Å²) in [4.78, 5) is 0. The predicted molar refractivity (Wildman–Crippen MR) is 65.7 cm³/mol. The Hall–Kier alpha value is -0.560. The molecule has 0 saturated heterocycles. The van der Waals surface area contributed by atoms with E-state index in [0.717, 1.165) is 19.3 Å². The Labute approximate surface area is 93.9 Å². The van der Waals surface area contributed by atoms with Crippen LogP contribution in [0.2, 0.25) is 0 Å². The number of rotatable bonds is 5. The van der Waals surface area contributed by atoms with Crippen LogP contribution in [0.15, 0.2) is 23.8 Å².